The van der Waals surface area contributed by atoms with Crippen molar-refractivity contribution in [3.05, 3.63) is 18.2 Å². The van der Waals surface area contributed by atoms with Crippen LogP contribution >= 0.6 is 0 Å². The third kappa shape index (κ3) is 4.71. The van der Waals surface area contributed by atoms with Gasteiger partial charge in [0.25, 0.3) is 0 Å². The number of anilines is 1. The van der Waals surface area contributed by atoms with Crippen LogP contribution in [-0.4, -0.2) is 24.3 Å². The van der Waals surface area contributed by atoms with Gasteiger partial charge in [-0.1, -0.05) is 19.3 Å². The van der Waals surface area contributed by atoms with Gasteiger partial charge in [0.1, 0.15) is 0 Å². The summed E-state index contributed by atoms with van der Waals surface area (Å²) in [5.74, 6) is 1.08. The van der Waals surface area contributed by atoms with Crippen molar-refractivity contribution in [2.24, 2.45) is 11.0 Å². The highest BCUT2D eigenvalue weighted by Gasteiger charge is 2.20. The van der Waals surface area contributed by atoms with E-state index in [4.69, 9.17) is 9.47 Å². The lowest BCUT2D eigenvalue weighted by Gasteiger charge is -2.19. The number of nitrogens with one attached hydrogen (secondary N) is 2. The highest BCUT2D eigenvalue weighted by atomic mass is 16.7. The van der Waals surface area contributed by atoms with Crippen molar-refractivity contribution in [2.45, 2.75) is 45.4 Å². The zero-order chi connectivity index (χ0) is 17.6. The van der Waals surface area contributed by atoms with Gasteiger partial charge in [-0.3, -0.25) is 9.59 Å². The summed E-state index contributed by atoms with van der Waals surface area (Å²) in [5, 5.41) is 6.84. The summed E-state index contributed by atoms with van der Waals surface area (Å²) >= 11 is 0. The molecule has 0 radical (unpaired) electrons. The van der Waals surface area contributed by atoms with Crippen molar-refractivity contribution < 1.29 is 19.1 Å². The zero-order valence-electron chi connectivity index (χ0n) is 14.3. The first-order chi connectivity index (χ1) is 12.1. The van der Waals surface area contributed by atoms with Crippen LogP contribution in [0.15, 0.2) is 23.3 Å². The largest absolute Gasteiger partial charge is 0.454 e. The van der Waals surface area contributed by atoms with E-state index >= 15 is 0 Å². The molecule has 0 atom stereocenters. The molecule has 134 valence electrons. The van der Waals surface area contributed by atoms with Crippen LogP contribution in [0.25, 0.3) is 0 Å². The zero-order valence-corrected chi connectivity index (χ0v) is 14.3. The minimum absolute atomic E-state index is 0.0461. The Morgan fingerprint density at radius 1 is 1.16 bits per heavy atom. The average Bonchev–Trinajstić information content (AvgIpc) is 3.08. The molecule has 1 fully saturated rings. The maximum Gasteiger partial charge on any atom is 0.243 e. The number of carbonyl (C=O) groups excluding carboxylic acids is 2. The summed E-state index contributed by atoms with van der Waals surface area (Å²) < 4.78 is 10.5. The molecule has 7 heteroatoms. The molecule has 1 aliphatic heterocycles. The number of hydrogen-bond acceptors (Lipinski definition) is 5. The first-order valence-corrected chi connectivity index (χ1v) is 8.64. The van der Waals surface area contributed by atoms with E-state index in [1.807, 2.05) is 0 Å². The van der Waals surface area contributed by atoms with Gasteiger partial charge < -0.3 is 14.8 Å². The Hall–Kier alpha value is -2.57. The number of carbonyl (C=O) groups is 2. The van der Waals surface area contributed by atoms with Crippen LogP contribution in [0.3, 0.4) is 0 Å². The van der Waals surface area contributed by atoms with Gasteiger partial charge >= 0.3 is 0 Å². The molecule has 3 rings (SSSR count). The molecular formula is C18H23N3O4. The third-order valence-electron chi connectivity index (χ3n) is 4.41. The van der Waals surface area contributed by atoms with E-state index in [9.17, 15) is 9.59 Å². The summed E-state index contributed by atoms with van der Waals surface area (Å²) in [5.41, 5.74) is 3.78. The number of hydrogen-bond donors (Lipinski definition) is 2. The molecule has 0 bridgehead atoms. The van der Waals surface area contributed by atoms with Crippen LogP contribution in [0.5, 0.6) is 11.5 Å². The molecule has 1 aliphatic carbocycles. The minimum atomic E-state index is -0.202. The van der Waals surface area contributed by atoms with E-state index in [0.717, 1.165) is 25.7 Å². The molecule has 0 unspecified atom stereocenters. The quantitative estimate of drug-likeness (QED) is 0.634. The fraction of sp³-hybridized carbons (Fsp3) is 0.500. The fourth-order valence-electron chi connectivity index (χ4n) is 3.06. The number of rotatable bonds is 5. The smallest absolute Gasteiger partial charge is 0.243 e. The summed E-state index contributed by atoms with van der Waals surface area (Å²) in [6.07, 6.45) is 5.35. The molecule has 1 aromatic carbocycles. The Morgan fingerprint density at radius 3 is 2.72 bits per heavy atom. The second kappa shape index (κ2) is 8.00. The number of hydrazone groups is 1. The molecule has 25 heavy (non-hydrogen) atoms. The molecule has 2 aliphatic rings. The highest BCUT2D eigenvalue weighted by Crippen LogP contribution is 2.34. The predicted molar refractivity (Wildman–Crippen MR) is 93.6 cm³/mol. The van der Waals surface area contributed by atoms with Crippen LogP contribution in [0, 0.1) is 5.92 Å². The van der Waals surface area contributed by atoms with E-state index in [1.54, 1.807) is 25.1 Å². The molecule has 7 nitrogen and oxygen atoms in total. The topological polar surface area (TPSA) is 89.0 Å². The molecule has 0 aromatic heterocycles. The monoisotopic (exact) mass is 345 g/mol. The molecule has 2 amide bonds. The summed E-state index contributed by atoms with van der Waals surface area (Å²) in [4.78, 5) is 24.1. The molecule has 2 N–H and O–H groups in total. The van der Waals surface area contributed by atoms with E-state index in [2.05, 4.69) is 15.8 Å². The Morgan fingerprint density at radius 2 is 1.92 bits per heavy atom. The molecular weight excluding hydrogens is 322 g/mol. The Labute approximate surface area is 146 Å². The van der Waals surface area contributed by atoms with Crippen LogP contribution in [0.4, 0.5) is 5.69 Å². The highest BCUT2D eigenvalue weighted by molar-refractivity contribution is 6.05. The molecule has 1 saturated carbocycles. The lowest BCUT2D eigenvalue weighted by Crippen LogP contribution is -2.29. The van der Waals surface area contributed by atoms with Crippen LogP contribution < -0.4 is 20.2 Å². The number of nitrogens with zero attached hydrogens (tertiary/aromatic N) is 1. The average molecular weight is 345 g/mol. The van der Waals surface area contributed by atoms with E-state index < -0.39 is 0 Å². The summed E-state index contributed by atoms with van der Waals surface area (Å²) in [7, 11) is 0. The van der Waals surface area contributed by atoms with Gasteiger partial charge in [0, 0.05) is 23.4 Å². The SMILES string of the molecule is CC(CC(=O)Nc1ccc2c(c1)OCO2)=NNC(=O)C1CCCCC1. The first-order valence-electron chi connectivity index (χ1n) is 8.64. The normalized spacial score (nSPS) is 17.2. The maximum absolute atomic E-state index is 12.1. The van der Waals surface area contributed by atoms with Crippen molar-refractivity contribution in [2.75, 3.05) is 12.1 Å². The summed E-state index contributed by atoms with van der Waals surface area (Å²) in [6.45, 7) is 1.92. The van der Waals surface area contributed by atoms with Crippen LogP contribution in [0.2, 0.25) is 0 Å². The minimum Gasteiger partial charge on any atom is -0.454 e. The van der Waals surface area contributed by atoms with Gasteiger partial charge in [0.15, 0.2) is 11.5 Å². The van der Waals surface area contributed by atoms with Crippen molar-refractivity contribution >= 4 is 23.2 Å². The van der Waals surface area contributed by atoms with Crippen molar-refractivity contribution in [3.63, 3.8) is 0 Å². The number of benzene rings is 1. The van der Waals surface area contributed by atoms with Crippen LogP contribution in [0.1, 0.15) is 45.4 Å². The number of ether oxygens (including phenoxy) is 2. The molecule has 1 aromatic rings. The predicted octanol–water partition coefficient (Wildman–Crippen LogP) is 2.82. The van der Waals surface area contributed by atoms with Gasteiger partial charge in [-0.25, -0.2) is 5.43 Å². The van der Waals surface area contributed by atoms with Crippen molar-refractivity contribution in [3.8, 4) is 11.5 Å². The number of amides is 2. The lowest BCUT2D eigenvalue weighted by atomic mass is 9.89. The van der Waals surface area contributed by atoms with Gasteiger partial charge in [0.05, 0.1) is 6.42 Å². The van der Waals surface area contributed by atoms with Crippen LogP contribution in [-0.2, 0) is 9.59 Å². The first kappa shape index (κ1) is 17.3. The Bertz CT molecular complexity index is 681. The second-order valence-corrected chi connectivity index (χ2v) is 6.45. The molecule has 0 saturated heterocycles. The van der Waals surface area contributed by atoms with E-state index in [-0.39, 0.29) is 30.9 Å². The third-order valence-corrected chi connectivity index (χ3v) is 4.41. The van der Waals surface area contributed by atoms with E-state index in [0.29, 0.717) is 22.9 Å². The Balaban J connectivity index is 1.47. The van der Waals surface area contributed by atoms with Gasteiger partial charge in [-0.05, 0) is 31.9 Å². The van der Waals surface area contributed by atoms with Gasteiger partial charge in [-0.2, -0.15) is 5.10 Å². The summed E-state index contributed by atoms with van der Waals surface area (Å²) in [6, 6.07) is 5.23. The maximum atomic E-state index is 12.1. The second-order valence-electron chi connectivity index (χ2n) is 6.45. The molecule has 0 spiro atoms. The molecule has 1 heterocycles. The van der Waals surface area contributed by atoms with Gasteiger partial charge in [0.2, 0.25) is 18.6 Å². The van der Waals surface area contributed by atoms with Crippen molar-refractivity contribution in [1.29, 1.82) is 0 Å². The Kier molecular flexibility index (Phi) is 5.53. The lowest BCUT2D eigenvalue weighted by molar-refractivity contribution is -0.126. The number of fused-ring (bicyclic) bond motifs is 1. The van der Waals surface area contributed by atoms with Gasteiger partial charge in [-0.15, -0.1) is 0 Å². The fourth-order valence-corrected chi connectivity index (χ4v) is 3.06. The standard InChI is InChI=1S/C18H23N3O4/c1-12(20-21-18(23)13-5-3-2-4-6-13)9-17(22)19-14-7-8-15-16(10-14)25-11-24-15/h7-8,10,13H,2-6,9,11H2,1H3,(H,19,22)(H,21,23). The van der Waals surface area contributed by atoms with Crippen molar-refractivity contribution in [1.82, 2.24) is 5.43 Å². The van der Waals surface area contributed by atoms with E-state index in [1.165, 1.54) is 6.42 Å².